The Bertz CT molecular complexity index is 1090. The molecule has 2 saturated carbocycles. The van der Waals surface area contributed by atoms with Crippen molar-refractivity contribution in [3.63, 3.8) is 0 Å². The summed E-state index contributed by atoms with van der Waals surface area (Å²) in [6.07, 6.45) is 5.57. The van der Waals surface area contributed by atoms with E-state index in [1.807, 2.05) is 30.3 Å². The van der Waals surface area contributed by atoms with Crippen LogP contribution in [-0.2, 0) is 16.1 Å². The summed E-state index contributed by atoms with van der Waals surface area (Å²) in [5.41, 5.74) is 2.74. The molecule has 2 aromatic carbocycles. The van der Waals surface area contributed by atoms with Gasteiger partial charge in [-0.25, -0.2) is 0 Å². The Balaban J connectivity index is 1.46. The number of carbonyl (C=O) groups excluding carboxylic acids is 2. The Morgan fingerprint density at radius 3 is 2.45 bits per heavy atom. The van der Waals surface area contributed by atoms with Crippen LogP contribution in [0.2, 0.25) is 0 Å². The fourth-order valence-electron chi connectivity index (χ4n) is 4.66. The first-order chi connectivity index (χ1) is 16.0. The molecule has 174 valence electrons. The fourth-order valence-corrected chi connectivity index (χ4v) is 4.66. The number of hydrogen-bond acceptors (Lipinski definition) is 6. The molecule has 1 aliphatic heterocycles. The molecule has 1 N–H and O–H groups in total. The molecule has 0 bridgehead atoms. The molecule has 1 heterocycles. The van der Waals surface area contributed by atoms with Crippen LogP contribution >= 0.6 is 0 Å². The number of amides is 1. The predicted molar refractivity (Wildman–Crippen MR) is 122 cm³/mol. The molecule has 0 saturated heterocycles. The summed E-state index contributed by atoms with van der Waals surface area (Å²) in [6.45, 7) is 0.724. The van der Waals surface area contributed by atoms with Gasteiger partial charge in [0.2, 0.25) is 5.75 Å². The van der Waals surface area contributed by atoms with Crippen molar-refractivity contribution in [2.45, 2.75) is 51.2 Å². The number of hydrogen-bond donors (Lipinski definition) is 1. The van der Waals surface area contributed by atoms with Crippen LogP contribution in [0.3, 0.4) is 0 Å². The molecule has 2 aliphatic carbocycles. The van der Waals surface area contributed by atoms with Crippen LogP contribution in [0.4, 0.5) is 0 Å². The Morgan fingerprint density at radius 2 is 1.82 bits per heavy atom. The van der Waals surface area contributed by atoms with E-state index in [4.69, 9.17) is 18.9 Å². The van der Waals surface area contributed by atoms with Gasteiger partial charge in [-0.1, -0.05) is 12.5 Å². The number of carbonyl (C=O) groups is 2. The second-order valence-corrected chi connectivity index (χ2v) is 9.11. The van der Waals surface area contributed by atoms with Crippen LogP contribution in [0.1, 0.15) is 54.4 Å². The third-order valence-electron chi connectivity index (χ3n) is 7.16. The third kappa shape index (κ3) is 3.79. The van der Waals surface area contributed by atoms with Crippen molar-refractivity contribution >= 4 is 11.9 Å². The lowest BCUT2D eigenvalue weighted by molar-refractivity contribution is -0.174. The molecule has 3 aliphatic rings. The number of methoxy groups -OCH3 is 2. The molecule has 0 radical (unpaired) electrons. The van der Waals surface area contributed by atoms with Crippen LogP contribution in [-0.4, -0.2) is 38.8 Å². The smallest absolute Gasteiger partial charge is 0.315 e. The molecule has 0 unspecified atom stereocenters. The first-order valence-corrected chi connectivity index (χ1v) is 11.5. The first-order valence-electron chi connectivity index (χ1n) is 11.5. The van der Waals surface area contributed by atoms with E-state index >= 15 is 0 Å². The van der Waals surface area contributed by atoms with E-state index in [9.17, 15) is 9.59 Å². The number of rotatable bonds is 8. The van der Waals surface area contributed by atoms with E-state index < -0.39 is 5.41 Å². The largest absolute Gasteiger partial charge is 0.493 e. The van der Waals surface area contributed by atoms with Gasteiger partial charge in [0.05, 0.1) is 14.2 Å². The summed E-state index contributed by atoms with van der Waals surface area (Å²) in [6, 6.07) is 9.48. The van der Waals surface area contributed by atoms with Crippen LogP contribution in [0, 0.1) is 5.41 Å². The van der Waals surface area contributed by atoms with E-state index in [2.05, 4.69) is 5.32 Å². The molecule has 2 aromatic rings. The summed E-state index contributed by atoms with van der Waals surface area (Å²) in [4.78, 5) is 24.9. The van der Waals surface area contributed by atoms with Crippen molar-refractivity contribution < 1.29 is 28.5 Å². The summed E-state index contributed by atoms with van der Waals surface area (Å²) in [5.74, 6) is 1.35. The van der Waals surface area contributed by atoms with E-state index in [1.54, 1.807) is 14.2 Å². The van der Waals surface area contributed by atoms with Gasteiger partial charge >= 0.3 is 5.97 Å². The number of fused-ring (bicyclic) bond motifs is 1. The lowest BCUT2D eigenvalue weighted by Crippen LogP contribution is -2.46. The van der Waals surface area contributed by atoms with Gasteiger partial charge in [-0.2, -0.15) is 0 Å². The maximum absolute atomic E-state index is 13.0. The molecule has 2 fully saturated rings. The van der Waals surface area contributed by atoms with Crippen LogP contribution in [0.15, 0.2) is 30.3 Å². The summed E-state index contributed by atoms with van der Waals surface area (Å²) in [7, 11) is 3.15. The number of benzene rings is 2. The highest BCUT2D eigenvalue weighted by Gasteiger charge is 2.48. The molecule has 0 aromatic heterocycles. The van der Waals surface area contributed by atoms with Crippen LogP contribution < -0.4 is 19.5 Å². The van der Waals surface area contributed by atoms with Crippen molar-refractivity contribution in [2.75, 3.05) is 20.8 Å². The molecule has 0 spiro atoms. The fraction of sp³-hybridized carbons (Fsp3) is 0.462. The Labute approximate surface area is 193 Å². The van der Waals surface area contributed by atoms with Crippen molar-refractivity contribution in [1.82, 2.24) is 5.32 Å². The van der Waals surface area contributed by atoms with E-state index in [0.717, 1.165) is 55.2 Å². The molecular weight excluding hydrogens is 422 g/mol. The standard InChI is InChI=1S/C26H29NO6/c1-30-21-10-9-19(16-7-8-20-17(13-16)14-27-24(20)28)22(23(21)31-2)32-15-26(11-4-12-26)25(29)33-18-5-3-6-18/h7-10,13,18H,3-6,11-12,14-15H2,1-2H3,(H,27,28). The molecular formula is C26H29NO6. The quantitative estimate of drug-likeness (QED) is 0.604. The second kappa shape index (κ2) is 8.61. The normalized spacial score (nSPS) is 18.4. The summed E-state index contributed by atoms with van der Waals surface area (Å²) in [5, 5.41) is 2.85. The Hall–Kier alpha value is -3.22. The third-order valence-corrected chi connectivity index (χ3v) is 7.16. The zero-order chi connectivity index (χ0) is 23.0. The molecule has 1 amide bonds. The molecule has 7 nitrogen and oxygen atoms in total. The van der Waals surface area contributed by atoms with Crippen molar-refractivity contribution in [3.05, 3.63) is 41.5 Å². The lowest BCUT2D eigenvalue weighted by atomic mass is 9.69. The molecule has 7 heteroatoms. The average Bonchev–Trinajstić information content (AvgIpc) is 3.14. The lowest BCUT2D eigenvalue weighted by Gasteiger charge is -2.41. The number of nitrogens with one attached hydrogen (secondary N) is 1. The maximum Gasteiger partial charge on any atom is 0.315 e. The monoisotopic (exact) mass is 451 g/mol. The average molecular weight is 452 g/mol. The Kier molecular flexibility index (Phi) is 5.64. The predicted octanol–water partition coefficient (Wildman–Crippen LogP) is 4.26. The molecule has 33 heavy (non-hydrogen) atoms. The van der Waals surface area contributed by atoms with Gasteiger partial charge in [0, 0.05) is 17.7 Å². The minimum absolute atomic E-state index is 0.0552. The van der Waals surface area contributed by atoms with E-state index in [-0.39, 0.29) is 24.6 Å². The highest BCUT2D eigenvalue weighted by molar-refractivity contribution is 5.99. The van der Waals surface area contributed by atoms with Gasteiger partial charge < -0.3 is 24.3 Å². The topological polar surface area (TPSA) is 83.1 Å². The van der Waals surface area contributed by atoms with Crippen molar-refractivity contribution in [2.24, 2.45) is 5.41 Å². The Morgan fingerprint density at radius 1 is 1.03 bits per heavy atom. The van der Waals surface area contributed by atoms with E-state index in [1.165, 1.54) is 0 Å². The van der Waals surface area contributed by atoms with Crippen LogP contribution in [0.5, 0.6) is 17.2 Å². The van der Waals surface area contributed by atoms with E-state index in [0.29, 0.717) is 29.4 Å². The maximum atomic E-state index is 13.0. The zero-order valence-electron chi connectivity index (χ0n) is 19.1. The van der Waals surface area contributed by atoms with Gasteiger partial charge in [0.1, 0.15) is 18.1 Å². The molecule has 5 rings (SSSR count). The van der Waals surface area contributed by atoms with Crippen molar-refractivity contribution in [1.29, 1.82) is 0 Å². The zero-order valence-corrected chi connectivity index (χ0v) is 19.1. The van der Waals surface area contributed by atoms with Gasteiger partial charge in [0.25, 0.3) is 5.91 Å². The number of ether oxygens (including phenoxy) is 4. The van der Waals surface area contributed by atoms with Gasteiger partial charge in [-0.05, 0) is 67.5 Å². The second-order valence-electron chi connectivity index (χ2n) is 9.11. The summed E-state index contributed by atoms with van der Waals surface area (Å²) >= 11 is 0. The van der Waals surface area contributed by atoms with Crippen LogP contribution in [0.25, 0.3) is 11.1 Å². The van der Waals surface area contributed by atoms with Gasteiger partial charge in [-0.15, -0.1) is 0 Å². The minimum atomic E-state index is -0.616. The SMILES string of the molecule is COc1ccc(-c2ccc3c(c2)CNC3=O)c(OCC2(C(=O)OC3CCC3)CCC2)c1OC. The highest BCUT2D eigenvalue weighted by Crippen LogP contribution is 2.48. The minimum Gasteiger partial charge on any atom is -0.493 e. The highest BCUT2D eigenvalue weighted by atomic mass is 16.6. The van der Waals surface area contributed by atoms with Gasteiger partial charge in [-0.3, -0.25) is 9.59 Å². The van der Waals surface area contributed by atoms with Crippen molar-refractivity contribution in [3.8, 4) is 28.4 Å². The number of esters is 1. The molecule has 0 atom stereocenters. The van der Waals surface area contributed by atoms with Gasteiger partial charge in [0.15, 0.2) is 11.5 Å². The first kappa shape index (κ1) is 21.6. The summed E-state index contributed by atoms with van der Waals surface area (Å²) < 4.78 is 23.3.